The lowest BCUT2D eigenvalue weighted by atomic mass is 9.97. The fourth-order valence-electron chi connectivity index (χ4n) is 3.69. The summed E-state index contributed by atoms with van der Waals surface area (Å²) in [5.41, 5.74) is 2.77. The van der Waals surface area contributed by atoms with Crippen LogP contribution in [0.25, 0.3) is 0 Å². The van der Waals surface area contributed by atoms with Crippen LogP contribution in [0.5, 0.6) is 5.75 Å². The number of methoxy groups -OCH3 is 1. The fraction of sp³-hybridized carbons (Fsp3) is 0.435. The molecule has 0 atom stereocenters. The molecule has 0 spiro atoms. The molecule has 1 fully saturated rings. The molecule has 1 aliphatic rings. The maximum atomic E-state index is 13.0. The number of anilines is 1. The Balaban J connectivity index is 1.64. The van der Waals surface area contributed by atoms with Crippen molar-refractivity contribution in [2.45, 2.75) is 44.4 Å². The molecular weight excluding hydrogens is 400 g/mol. The Morgan fingerprint density at radius 1 is 1.10 bits per heavy atom. The summed E-state index contributed by atoms with van der Waals surface area (Å²) in [4.78, 5) is 13.0. The van der Waals surface area contributed by atoms with E-state index in [1.807, 2.05) is 37.3 Å². The number of rotatable bonds is 6. The molecular formula is C23H30N2O4S. The monoisotopic (exact) mass is 430 g/mol. The summed E-state index contributed by atoms with van der Waals surface area (Å²) in [5, 5.41) is 2.94. The van der Waals surface area contributed by atoms with Gasteiger partial charge in [0.2, 0.25) is 15.9 Å². The third-order valence-electron chi connectivity index (χ3n) is 5.62. The van der Waals surface area contributed by atoms with Gasteiger partial charge in [-0.3, -0.25) is 4.79 Å². The standard InChI is InChI=1S/C23H30N2O4S/c1-16(2)18-6-8-20(9-7-18)30(27,28)25-13-11-19(12-14-25)23(26)24-21-15-17(3)5-10-22(21)29-4/h5-10,15-16,19H,11-14H2,1-4H3,(H,24,26). The highest BCUT2D eigenvalue weighted by atomic mass is 32.2. The van der Waals surface area contributed by atoms with Gasteiger partial charge in [-0.1, -0.05) is 32.0 Å². The Morgan fingerprint density at radius 3 is 2.30 bits per heavy atom. The molecule has 1 heterocycles. The molecule has 1 saturated heterocycles. The van der Waals surface area contributed by atoms with Gasteiger partial charge in [-0.15, -0.1) is 0 Å². The maximum absolute atomic E-state index is 13.0. The minimum atomic E-state index is -3.55. The first-order chi connectivity index (χ1) is 14.2. The molecule has 2 aromatic rings. The number of hydrogen-bond donors (Lipinski definition) is 1. The molecule has 0 bridgehead atoms. The van der Waals surface area contributed by atoms with E-state index in [1.54, 1.807) is 19.2 Å². The molecule has 0 radical (unpaired) electrons. The van der Waals surface area contributed by atoms with E-state index in [1.165, 1.54) is 4.31 Å². The minimum absolute atomic E-state index is 0.0998. The van der Waals surface area contributed by atoms with Crippen LogP contribution in [0.3, 0.4) is 0 Å². The third-order valence-corrected chi connectivity index (χ3v) is 7.53. The van der Waals surface area contributed by atoms with Crippen LogP contribution in [0.15, 0.2) is 47.4 Å². The number of nitrogens with one attached hydrogen (secondary N) is 1. The average molecular weight is 431 g/mol. The summed E-state index contributed by atoms with van der Waals surface area (Å²) in [6, 6.07) is 12.7. The molecule has 1 aliphatic heterocycles. The normalized spacial score (nSPS) is 15.9. The van der Waals surface area contributed by atoms with Crippen molar-refractivity contribution < 1.29 is 17.9 Å². The van der Waals surface area contributed by atoms with Crippen molar-refractivity contribution in [3.8, 4) is 5.75 Å². The van der Waals surface area contributed by atoms with Crippen LogP contribution in [0.4, 0.5) is 5.69 Å². The van der Waals surface area contributed by atoms with E-state index in [2.05, 4.69) is 19.2 Å². The number of nitrogens with zero attached hydrogens (tertiary/aromatic N) is 1. The van der Waals surface area contributed by atoms with Gasteiger partial charge in [0, 0.05) is 19.0 Å². The van der Waals surface area contributed by atoms with Gasteiger partial charge < -0.3 is 10.1 Å². The third kappa shape index (κ3) is 4.84. The first-order valence-corrected chi connectivity index (χ1v) is 11.7. The van der Waals surface area contributed by atoms with Crippen LogP contribution in [0, 0.1) is 12.8 Å². The van der Waals surface area contributed by atoms with E-state index < -0.39 is 10.0 Å². The van der Waals surface area contributed by atoms with Crippen molar-refractivity contribution >= 4 is 21.6 Å². The van der Waals surface area contributed by atoms with Gasteiger partial charge in [-0.25, -0.2) is 8.42 Å². The Bertz CT molecular complexity index is 992. The molecule has 1 N–H and O–H groups in total. The molecule has 162 valence electrons. The molecule has 2 aromatic carbocycles. The van der Waals surface area contributed by atoms with Crippen LogP contribution in [0.2, 0.25) is 0 Å². The number of amides is 1. The number of carbonyl (C=O) groups is 1. The Hall–Kier alpha value is -2.38. The van der Waals surface area contributed by atoms with Crippen molar-refractivity contribution in [1.82, 2.24) is 4.31 Å². The summed E-state index contributed by atoms with van der Waals surface area (Å²) < 4.78 is 32.7. The van der Waals surface area contributed by atoms with Crippen molar-refractivity contribution in [2.75, 3.05) is 25.5 Å². The van der Waals surface area contributed by atoms with Crippen LogP contribution < -0.4 is 10.1 Å². The Kier molecular flexibility index (Phi) is 6.83. The maximum Gasteiger partial charge on any atom is 0.243 e. The summed E-state index contributed by atoms with van der Waals surface area (Å²) in [7, 11) is -1.98. The number of sulfonamides is 1. The summed E-state index contributed by atoms with van der Waals surface area (Å²) in [6.07, 6.45) is 0.979. The first kappa shape index (κ1) is 22.3. The van der Waals surface area contributed by atoms with Crippen LogP contribution in [0.1, 0.15) is 43.7 Å². The lowest BCUT2D eigenvalue weighted by molar-refractivity contribution is -0.120. The Labute approximate surface area is 179 Å². The average Bonchev–Trinajstić information content (AvgIpc) is 2.74. The molecule has 0 unspecified atom stereocenters. The number of carbonyl (C=O) groups excluding carboxylic acids is 1. The molecule has 0 aromatic heterocycles. The molecule has 0 saturated carbocycles. The van der Waals surface area contributed by atoms with E-state index in [4.69, 9.17) is 4.74 Å². The largest absolute Gasteiger partial charge is 0.495 e. The molecule has 7 heteroatoms. The molecule has 6 nitrogen and oxygen atoms in total. The second-order valence-corrected chi connectivity index (χ2v) is 10.0. The fourth-order valence-corrected chi connectivity index (χ4v) is 5.16. The molecule has 1 amide bonds. The zero-order valence-corrected chi connectivity index (χ0v) is 18.8. The van der Waals surface area contributed by atoms with Crippen molar-refractivity contribution in [1.29, 1.82) is 0 Å². The van der Waals surface area contributed by atoms with Crippen LogP contribution in [-0.2, 0) is 14.8 Å². The van der Waals surface area contributed by atoms with Gasteiger partial charge in [0.05, 0.1) is 17.7 Å². The van der Waals surface area contributed by atoms with Crippen LogP contribution in [-0.4, -0.2) is 38.8 Å². The number of hydrogen-bond acceptors (Lipinski definition) is 4. The lowest BCUT2D eigenvalue weighted by Crippen LogP contribution is -2.41. The van der Waals surface area contributed by atoms with Gasteiger partial charge >= 0.3 is 0 Å². The molecule has 30 heavy (non-hydrogen) atoms. The zero-order chi connectivity index (χ0) is 21.9. The quantitative estimate of drug-likeness (QED) is 0.746. The minimum Gasteiger partial charge on any atom is -0.495 e. The topological polar surface area (TPSA) is 75.7 Å². The smallest absolute Gasteiger partial charge is 0.243 e. The first-order valence-electron chi connectivity index (χ1n) is 10.3. The van der Waals surface area contributed by atoms with Gasteiger partial charge in [-0.2, -0.15) is 4.31 Å². The van der Waals surface area contributed by atoms with Gasteiger partial charge in [0.1, 0.15) is 5.75 Å². The van der Waals surface area contributed by atoms with E-state index in [9.17, 15) is 13.2 Å². The van der Waals surface area contributed by atoms with E-state index in [0.29, 0.717) is 48.2 Å². The van der Waals surface area contributed by atoms with Gasteiger partial charge in [-0.05, 0) is 61.1 Å². The van der Waals surface area contributed by atoms with Crippen LogP contribution >= 0.6 is 0 Å². The molecule has 0 aliphatic carbocycles. The predicted molar refractivity (Wildman–Crippen MR) is 118 cm³/mol. The summed E-state index contributed by atoms with van der Waals surface area (Å²) in [6.45, 7) is 6.76. The highest BCUT2D eigenvalue weighted by molar-refractivity contribution is 7.89. The van der Waals surface area contributed by atoms with E-state index in [0.717, 1.165) is 11.1 Å². The SMILES string of the molecule is COc1ccc(C)cc1NC(=O)C1CCN(S(=O)(=O)c2ccc(C(C)C)cc2)CC1. The lowest BCUT2D eigenvalue weighted by Gasteiger charge is -2.30. The van der Waals surface area contributed by atoms with Gasteiger partial charge in [0.15, 0.2) is 0 Å². The Morgan fingerprint density at radius 2 is 1.73 bits per heavy atom. The summed E-state index contributed by atoms with van der Waals surface area (Å²) >= 11 is 0. The number of benzene rings is 2. The second kappa shape index (κ2) is 9.18. The van der Waals surface area contributed by atoms with Crippen molar-refractivity contribution in [3.63, 3.8) is 0 Å². The second-order valence-electron chi connectivity index (χ2n) is 8.10. The zero-order valence-electron chi connectivity index (χ0n) is 18.0. The van der Waals surface area contributed by atoms with Crippen molar-refractivity contribution in [3.05, 3.63) is 53.6 Å². The van der Waals surface area contributed by atoms with E-state index >= 15 is 0 Å². The predicted octanol–water partition coefficient (Wildman–Crippen LogP) is 4.17. The number of piperidine rings is 1. The van der Waals surface area contributed by atoms with Crippen molar-refractivity contribution in [2.24, 2.45) is 5.92 Å². The van der Waals surface area contributed by atoms with E-state index in [-0.39, 0.29) is 11.8 Å². The number of aryl methyl sites for hydroxylation is 1. The highest BCUT2D eigenvalue weighted by Gasteiger charge is 2.32. The highest BCUT2D eigenvalue weighted by Crippen LogP contribution is 2.29. The number of ether oxygens (including phenoxy) is 1. The molecule has 3 rings (SSSR count). The van der Waals surface area contributed by atoms with Gasteiger partial charge in [0.25, 0.3) is 0 Å². The summed E-state index contributed by atoms with van der Waals surface area (Å²) in [5.74, 6) is 0.629.